The second-order valence-electron chi connectivity index (χ2n) is 6.23. The molecule has 0 N–H and O–H groups in total. The van der Waals surface area contributed by atoms with Crippen LogP contribution in [0.2, 0.25) is 5.02 Å². The van der Waals surface area contributed by atoms with Gasteiger partial charge in [0, 0.05) is 44.6 Å². The first-order valence-electron chi connectivity index (χ1n) is 8.72. The SMILES string of the molecule is C=CCN(C(=O)CN1CCN(c2ccc(Cl)cn2)CC1)c1ccccc1. The Labute approximate surface area is 159 Å². The number of hydrogen-bond acceptors (Lipinski definition) is 4. The van der Waals surface area contributed by atoms with Gasteiger partial charge in [0.25, 0.3) is 0 Å². The molecule has 1 fully saturated rings. The van der Waals surface area contributed by atoms with Gasteiger partial charge in [0.2, 0.25) is 5.91 Å². The maximum absolute atomic E-state index is 12.8. The number of amides is 1. The van der Waals surface area contributed by atoms with Crippen molar-refractivity contribution in [2.75, 3.05) is 49.1 Å². The largest absolute Gasteiger partial charge is 0.354 e. The molecule has 1 saturated heterocycles. The summed E-state index contributed by atoms with van der Waals surface area (Å²) < 4.78 is 0. The third kappa shape index (κ3) is 4.62. The van der Waals surface area contributed by atoms with Gasteiger partial charge in [-0.3, -0.25) is 9.69 Å². The zero-order chi connectivity index (χ0) is 18.4. The Balaban J connectivity index is 1.56. The van der Waals surface area contributed by atoms with Gasteiger partial charge in [0.1, 0.15) is 5.82 Å². The Hall–Kier alpha value is -2.37. The molecule has 1 aromatic carbocycles. The second-order valence-corrected chi connectivity index (χ2v) is 6.66. The van der Waals surface area contributed by atoms with Crippen molar-refractivity contribution in [3.05, 3.63) is 66.3 Å². The maximum Gasteiger partial charge on any atom is 0.241 e. The number of pyridine rings is 1. The van der Waals surface area contributed by atoms with E-state index in [1.165, 1.54) is 0 Å². The Morgan fingerprint density at radius 2 is 1.88 bits per heavy atom. The highest BCUT2D eigenvalue weighted by Crippen LogP contribution is 2.17. The lowest BCUT2D eigenvalue weighted by molar-refractivity contribution is -0.119. The molecule has 0 aliphatic carbocycles. The van der Waals surface area contributed by atoms with Crippen LogP contribution in [0.5, 0.6) is 0 Å². The zero-order valence-corrected chi connectivity index (χ0v) is 15.5. The van der Waals surface area contributed by atoms with Gasteiger partial charge in [0.15, 0.2) is 0 Å². The maximum atomic E-state index is 12.8. The van der Waals surface area contributed by atoms with E-state index >= 15 is 0 Å². The monoisotopic (exact) mass is 370 g/mol. The van der Waals surface area contributed by atoms with E-state index in [2.05, 4.69) is 21.4 Å². The van der Waals surface area contributed by atoms with Crippen molar-refractivity contribution in [1.29, 1.82) is 0 Å². The summed E-state index contributed by atoms with van der Waals surface area (Å²) in [6, 6.07) is 13.5. The third-order valence-corrected chi connectivity index (χ3v) is 4.67. The van der Waals surface area contributed by atoms with E-state index in [4.69, 9.17) is 11.6 Å². The number of aromatic nitrogens is 1. The van der Waals surface area contributed by atoms with Crippen LogP contribution in [-0.4, -0.2) is 55.1 Å². The highest BCUT2D eigenvalue weighted by atomic mass is 35.5. The average molecular weight is 371 g/mol. The van der Waals surface area contributed by atoms with Crippen LogP contribution in [0, 0.1) is 0 Å². The number of carbonyl (C=O) groups is 1. The van der Waals surface area contributed by atoms with Gasteiger partial charge in [-0.15, -0.1) is 6.58 Å². The summed E-state index contributed by atoms with van der Waals surface area (Å²) in [5.74, 6) is 1.02. The number of hydrogen-bond donors (Lipinski definition) is 0. The van der Waals surface area contributed by atoms with Gasteiger partial charge < -0.3 is 9.80 Å². The lowest BCUT2D eigenvalue weighted by Crippen LogP contribution is -2.50. The lowest BCUT2D eigenvalue weighted by Gasteiger charge is -2.36. The topological polar surface area (TPSA) is 39.7 Å². The number of piperazine rings is 1. The predicted molar refractivity (Wildman–Crippen MR) is 107 cm³/mol. The van der Waals surface area contributed by atoms with Crippen molar-refractivity contribution in [1.82, 2.24) is 9.88 Å². The van der Waals surface area contributed by atoms with Crippen LogP contribution in [0.1, 0.15) is 0 Å². The number of carbonyl (C=O) groups excluding carboxylic acids is 1. The average Bonchev–Trinajstić information content (AvgIpc) is 2.68. The highest BCUT2D eigenvalue weighted by Gasteiger charge is 2.22. The standard InChI is InChI=1S/C20H23ClN4O/c1-2-10-25(18-6-4-3-5-7-18)20(26)16-23-11-13-24(14-12-23)19-9-8-17(21)15-22-19/h2-9,15H,1,10-14,16H2. The van der Waals surface area contributed by atoms with E-state index in [0.717, 1.165) is 37.7 Å². The van der Waals surface area contributed by atoms with Crippen molar-refractivity contribution >= 4 is 29.0 Å². The molecule has 3 rings (SSSR count). The van der Waals surface area contributed by atoms with E-state index < -0.39 is 0 Å². The van der Waals surface area contributed by atoms with Crippen LogP contribution in [0.3, 0.4) is 0 Å². The first kappa shape index (κ1) is 18.4. The van der Waals surface area contributed by atoms with Gasteiger partial charge in [-0.25, -0.2) is 4.98 Å². The minimum atomic E-state index is 0.0918. The fourth-order valence-corrected chi connectivity index (χ4v) is 3.17. The molecule has 2 aromatic rings. The summed E-state index contributed by atoms with van der Waals surface area (Å²) in [7, 11) is 0. The quantitative estimate of drug-likeness (QED) is 0.733. The molecule has 0 bridgehead atoms. The Bertz CT molecular complexity index is 727. The Kier molecular flexibility index (Phi) is 6.26. The summed E-state index contributed by atoms with van der Waals surface area (Å²) >= 11 is 5.90. The summed E-state index contributed by atoms with van der Waals surface area (Å²) in [5.41, 5.74) is 0.904. The van der Waals surface area contributed by atoms with Crippen LogP contribution in [-0.2, 0) is 4.79 Å². The van der Waals surface area contributed by atoms with Crippen molar-refractivity contribution in [2.45, 2.75) is 0 Å². The first-order valence-corrected chi connectivity index (χ1v) is 9.10. The summed E-state index contributed by atoms with van der Waals surface area (Å²) in [6.07, 6.45) is 3.43. The molecule has 1 aliphatic heterocycles. The Morgan fingerprint density at radius 1 is 1.15 bits per heavy atom. The predicted octanol–water partition coefficient (Wildman–Crippen LogP) is 3.08. The number of anilines is 2. The van der Waals surface area contributed by atoms with Gasteiger partial charge in [-0.05, 0) is 24.3 Å². The number of para-hydroxylation sites is 1. The Morgan fingerprint density at radius 3 is 2.50 bits per heavy atom. The number of benzene rings is 1. The third-order valence-electron chi connectivity index (χ3n) is 4.45. The van der Waals surface area contributed by atoms with Crippen LogP contribution < -0.4 is 9.80 Å². The molecule has 26 heavy (non-hydrogen) atoms. The van der Waals surface area contributed by atoms with Crippen molar-refractivity contribution < 1.29 is 4.79 Å². The molecule has 0 saturated carbocycles. The zero-order valence-electron chi connectivity index (χ0n) is 14.7. The van der Waals surface area contributed by atoms with Crippen molar-refractivity contribution in [3.8, 4) is 0 Å². The van der Waals surface area contributed by atoms with Crippen molar-refractivity contribution in [3.63, 3.8) is 0 Å². The van der Waals surface area contributed by atoms with Crippen LogP contribution >= 0.6 is 11.6 Å². The first-order chi connectivity index (χ1) is 12.7. The molecule has 0 spiro atoms. The molecule has 5 nitrogen and oxygen atoms in total. The van der Waals surface area contributed by atoms with E-state index in [9.17, 15) is 4.79 Å². The molecule has 1 aliphatic rings. The summed E-state index contributed by atoms with van der Waals surface area (Å²) in [4.78, 5) is 23.3. The van der Waals surface area contributed by atoms with Crippen molar-refractivity contribution in [2.24, 2.45) is 0 Å². The van der Waals surface area contributed by atoms with E-state index in [0.29, 0.717) is 18.1 Å². The molecule has 1 aromatic heterocycles. The minimum absolute atomic E-state index is 0.0918. The minimum Gasteiger partial charge on any atom is -0.354 e. The highest BCUT2D eigenvalue weighted by molar-refractivity contribution is 6.30. The fraction of sp³-hybridized carbons (Fsp3) is 0.300. The molecule has 136 valence electrons. The molecule has 2 heterocycles. The second kappa shape index (κ2) is 8.83. The number of rotatable bonds is 6. The summed E-state index contributed by atoms with van der Waals surface area (Å²) in [5, 5.41) is 0.640. The van der Waals surface area contributed by atoms with E-state index in [1.54, 1.807) is 17.2 Å². The molecule has 1 amide bonds. The normalized spacial score (nSPS) is 14.9. The van der Waals surface area contributed by atoms with E-state index in [1.807, 2.05) is 42.5 Å². The summed E-state index contributed by atoms with van der Waals surface area (Å²) in [6.45, 7) is 8.03. The molecule has 0 radical (unpaired) electrons. The van der Waals surface area contributed by atoms with Gasteiger partial charge >= 0.3 is 0 Å². The molecular weight excluding hydrogens is 348 g/mol. The molecule has 0 unspecified atom stereocenters. The fourth-order valence-electron chi connectivity index (χ4n) is 3.06. The van der Waals surface area contributed by atoms with Gasteiger partial charge in [-0.2, -0.15) is 0 Å². The smallest absolute Gasteiger partial charge is 0.241 e. The van der Waals surface area contributed by atoms with Crippen LogP contribution in [0.4, 0.5) is 11.5 Å². The lowest BCUT2D eigenvalue weighted by atomic mass is 10.2. The van der Waals surface area contributed by atoms with Crippen LogP contribution in [0.25, 0.3) is 0 Å². The molecular formula is C20H23ClN4O. The van der Waals surface area contributed by atoms with Gasteiger partial charge in [-0.1, -0.05) is 35.9 Å². The molecule has 6 heteroatoms. The van der Waals surface area contributed by atoms with Gasteiger partial charge in [0.05, 0.1) is 11.6 Å². The van der Waals surface area contributed by atoms with E-state index in [-0.39, 0.29) is 5.91 Å². The number of halogens is 1. The van der Waals surface area contributed by atoms with Crippen LogP contribution in [0.15, 0.2) is 61.3 Å². The molecule has 0 atom stereocenters. The number of nitrogens with zero attached hydrogens (tertiary/aromatic N) is 4.